The highest BCUT2D eigenvalue weighted by Gasteiger charge is 2.55. The van der Waals surface area contributed by atoms with E-state index >= 15 is 0 Å². The first-order valence-electron chi connectivity index (χ1n) is 3.13. The number of halogens is 1. The molecule has 0 aromatic heterocycles. The molecule has 11 heavy (non-hydrogen) atoms. The fraction of sp³-hybridized carbons (Fsp3) is 0.667. The van der Waals surface area contributed by atoms with Crippen LogP contribution in [0, 0.1) is 5.92 Å². The number of hydrogen-bond donors (Lipinski definition) is 2. The lowest BCUT2D eigenvalue weighted by Crippen LogP contribution is -2.52. The summed E-state index contributed by atoms with van der Waals surface area (Å²) in [6.07, 6.45) is 0.589. The summed E-state index contributed by atoms with van der Waals surface area (Å²) in [5.74, 6) is -3.30. The molecule has 0 aliphatic heterocycles. The Morgan fingerprint density at radius 2 is 2.00 bits per heavy atom. The molecular weight excluding hydrogens is 172 g/mol. The van der Waals surface area contributed by atoms with E-state index in [1.54, 1.807) is 0 Å². The van der Waals surface area contributed by atoms with Crippen molar-refractivity contribution >= 4 is 23.5 Å². The van der Waals surface area contributed by atoms with Gasteiger partial charge in [0.05, 0.1) is 5.92 Å². The van der Waals surface area contributed by atoms with Crippen LogP contribution in [0.4, 0.5) is 0 Å². The molecule has 1 saturated carbocycles. The number of carbonyl (C=O) groups is 2. The van der Waals surface area contributed by atoms with Crippen molar-refractivity contribution in [2.45, 2.75) is 17.7 Å². The van der Waals surface area contributed by atoms with Crippen molar-refractivity contribution in [2.75, 3.05) is 0 Å². The number of carboxylic acid groups (broad SMARTS) is 2. The first-order chi connectivity index (χ1) is 4.98. The van der Waals surface area contributed by atoms with Gasteiger partial charge in [-0.25, -0.2) is 0 Å². The summed E-state index contributed by atoms with van der Waals surface area (Å²) in [6.45, 7) is 0. The van der Waals surface area contributed by atoms with Crippen LogP contribution in [0.25, 0.3) is 0 Å². The molecule has 2 unspecified atom stereocenters. The van der Waals surface area contributed by atoms with Crippen molar-refractivity contribution in [2.24, 2.45) is 5.92 Å². The minimum absolute atomic E-state index is 0.237. The van der Waals surface area contributed by atoms with Crippen molar-refractivity contribution < 1.29 is 19.8 Å². The third-order valence-electron chi connectivity index (χ3n) is 2.00. The molecule has 0 saturated heterocycles. The minimum atomic E-state index is -1.55. The molecule has 2 N–H and O–H groups in total. The van der Waals surface area contributed by atoms with Gasteiger partial charge < -0.3 is 10.2 Å². The quantitative estimate of drug-likeness (QED) is 0.606. The van der Waals surface area contributed by atoms with Gasteiger partial charge >= 0.3 is 11.9 Å². The Hall–Kier alpha value is -0.770. The molecule has 5 heteroatoms. The van der Waals surface area contributed by atoms with Gasteiger partial charge in [0.1, 0.15) is 0 Å². The highest BCUT2D eigenvalue weighted by atomic mass is 35.5. The smallest absolute Gasteiger partial charge is 0.325 e. The number of hydrogen-bond acceptors (Lipinski definition) is 2. The standard InChI is InChI=1S/C6H7ClO4/c7-6(5(10)11)2-1-3(6)4(8)9/h3H,1-2H2,(H,8,9)(H,10,11). The van der Waals surface area contributed by atoms with Crippen LogP contribution in [-0.2, 0) is 9.59 Å². The van der Waals surface area contributed by atoms with Crippen molar-refractivity contribution in [3.8, 4) is 0 Å². The van der Waals surface area contributed by atoms with Gasteiger partial charge in [0.25, 0.3) is 0 Å². The van der Waals surface area contributed by atoms with Crippen molar-refractivity contribution in [3.05, 3.63) is 0 Å². The predicted octanol–water partition coefficient (Wildman–Crippen LogP) is 0.543. The average Bonchev–Trinajstić information content (AvgIpc) is 1.82. The number of carboxylic acids is 2. The van der Waals surface area contributed by atoms with E-state index in [0.29, 0.717) is 6.42 Å². The molecule has 62 valence electrons. The summed E-state index contributed by atoms with van der Waals surface area (Å²) in [4.78, 5) is 19.2. The summed E-state index contributed by atoms with van der Waals surface area (Å²) in [5, 5.41) is 17.0. The Labute approximate surface area is 67.8 Å². The van der Waals surface area contributed by atoms with Crippen molar-refractivity contribution in [3.63, 3.8) is 0 Å². The van der Waals surface area contributed by atoms with Gasteiger partial charge in [-0.05, 0) is 12.8 Å². The molecule has 0 aromatic carbocycles. The molecule has 1 fully saturated rings. The second-order valence-corrected chi connectivity index (χ2v) is 3.27. The Morgan fingerprint density at radius 1 is 1.45 bits per heavy atom. The maximum atomic E-state index is 10.4. The predicted molar refractivity (Wildman–Crippen MR) is 36.6 cm³/mol. The molecule has 0 aromatic rings. The van der Waals surface area contributed by atoms with Crippen LogP contribution in [0.1, 0.15) is 12.8 Å². The highest BCUT2D eigenvalue weighted by Crippen LogP contribution is 2.44. The van der Waals surface area contributed by atoms with Crippen molar-refractivity contribution in [1.29, 1.82) is 0 Å². The first-order valence-corrected chi connectivity index (χ1v) is 3.51. The summed E-state index contributed by atoms with van der Waals surface area (Å²) >= 11 is 5.52. The van der Waals surface area contributed by atoms with E-state index in [-0.39, 0.29) is 6.42 Å². The van der Waals surface area contributed by atoms with Crippen LogP contribution in [-0.4, -0.2) is 27.0 Å². The fourth-order valence-corrected chi connectivity index (χ4v) is 1.43. The molecule has 0 heterocycles. The minimum Gasteiger partial charge on any atom is -0.481 e. The second kappa shape index (κ2) is 2.37. The third-order valence-corrected chi connectivity index (χ3v) is 2.62. The van der Waals surface area contributed by atoms with E-state index in [0.717, 1.165) is 0 Å². The SMILES string of the molecule is O=C(O)C1CCC1(Cl)C(=O)O. The zero-order valence-corrected chi connectivity index (χ0v) is 6.34. The molecule has 1 rings (SSSR count). The van der Waals surface area contributed by atoms with Gasteiger partial charge in [-0.2, -0.15) is 0 Å². The number of alkyl halides is 1. The monoisotopic (exact) mass is 178 g/mol. The van der Waals surface area contributed by atoms with E-state index < -0.39 is 22.7 Å². The molecule has 4 nitrogen and oxygen atoms in total. The van der Waals surface area contributed by atoms with Gasteiger partial charge in [0.15, 0.2) is 4.87 Å². The van der Waals surface area contributed by atoms with Gasteiger partial charge in [0.2, 0.25) is 0 Å². The lowest BCUT2D eigenvalue weighted by atomic mass is 9.73. The fourth-order valence-electron chi connectivity index (χ4n) is 1.12. The van der Waals surface area contributed by atoms with Crippen LogP contribution in [0.2, 0.25) is 0 Å². The summed E-state index contributed by atoms with van der Waals surface area (Å²) in [6, 6.07) is 0. The lowest BCUT2D eigenvalue weighted by Gasteiger charge is -2.37. The van der Waals surface area contributed by atoms with E-state index in [2.05, 4.69) is 0 Å². The van der Waals surface area contributed by atoms with Crippen LogP contribution >= 0.6 is 11.6 Å². The Bertz CT molecular complexity index is 215. The molecule has 0 radical (unpaired) electrons. The van der Waals surface area contributed by atoms with Crippen LogP contribution in [0.15, 0.2) is 0 Å². The topological polar surface area (TPSA) is 74.6 Å². The van der Waals surface area contributed by atoms with E-state index in [1.165, 1.54) is 0 Å². The summed E-state index contributed by atoms with van der Waals surface area (Å²) < 4.78 is 0. The molecular formula is C6H7ClO4. The summed E-state index contributed by atoms with van der Waals surface area (Å²) in [5.41, 5.74) is 0. The van der Waals surface area contributed by atoms with E-state index in [9.17, 15) is 9.59 Å². The average molecular weight is 179 g/mol. The molecule has 0 amide bonds. The van der Waals surface area contributed by atoms with Gasteiger partial charge in [-0.1, -0.05) is 0 Å². The second-order valence-electron chi connectivity index (χ2n) is 2.60. The lowest BCUT2D eigenvalue weighted by molar-refractivity contribution is -0.157. The first kappa shape index (κ1) is 8.33. The molecule has 1 aliphatic rings. The Balaban J connectivity index is 2.75. The molecule has 0 bridgehead atoms. The zero-order chi connectivity index (χ0) is 8.65. The zero-order valence-electron chi connectivity index (χ0n) is 5.58. The van der Waals surface area contributed by atoms with Crippen LogP contribution in [0.3, 0.4) is 0 Å². The number of rotatable bonds is 2. The van der Waals surface area contributed by atoms with Crippen molar-refractivity contribution in [1.82, 2.24) is 0 Å². The van der Waals surface area contributed by atoms with E-state index in [4.69, 9.17) is 21.8 Å². The third kappa shape index (κ3) is 1.07. The maximum absolute atomic E-state index is 10.4. The van der Waals surface area contributed by atoms with Gasteiger partial charge in [-0.15, -0.1) is 11.6 Å². The summed E-state index contributed by atoms with van der Waals surface area (Å²) in [7, 11) is 0. The number of aliphatic carboxylic acids is 2. The van der Waals surface area contributed by atoms with Crippen LogP contribution in [0.5, 0.6) is 0 Å². The van der Waals surface area contributed by atoms with Gasteiger partial charge in [-0.3, -0.25) is 9.59 Å². The van der Waals surface area contributed by atoms with Crippen LogP contribution < -0.4 is 0 Å². The Kier molecular flexibility index (Phi) is 1.80. The Morgan fingerprint density at radius 3 is 2.09 bits per heavy atom. The molecule has 1 aliphatic carbocycles. The largest absolute Gasteiger partial charge is 0.481 e. The van der Waals surface area contributed by atoms with Gasteiger partial charge in [0, 0.05) is 0 Å². The normalized spacial score (nSPS) is 35.9. The molecule has 0 spiro atoms. The van der Waals surface area contributed by atoms with E-state index in [1.807, 2.05) is 0 Å². The maximum Gasteiger partial charge on any atom is 0.325 e. The molecule has 2 atom stereocenters. The highest BCUT2D eigenvalue weighted by molar-refractivity contribution is 6.36.